The Balaban J connectivity index is 2.14. The number of carbonyl (C=O) groups is 1. The van der Waals surface area contributed by atoms with E-state index in [0.29, 0.717) is 5.13 Å². The number of nitrogens with one attached hydrogen (secondary N) is 1. The quantitative estimate of drug-likeness (QED) is 0.901. The fourth-order valence-corrected chi connectivity index (χ4v) is 2.05. The average molecular weight is 246 g/mol. The highest BCUT2D eigenvalue weighted by Crippen LogP contribution is 2.24. The van der Waals surface area contributed by atoms with Crippen LogP contribution in [0.5, 0.6) is 0 Å². The molecule has 1 heterocycles. The molecule has 0 unspecified atom stereocenters. The van der Waals surface area contributed by atoms with Gasteiger partial charge >= 0.3 is 0 Å². The van der Waals surface area contributed by atoms with E-state index in [2.05, 4.69) is 10.3 Å². The van der Waals surface area contributed by atoms with Crippen molar-refractivity contribution in [2.75, 3.05) is 5.32 Å². The van der Waals surface area contributed by atoms with Gasteiger partial charge in [0, 0.05) is 16.9 Å². The number of hydrogen-bond acceptors (Lipinski definition) is 3. The van der Waals surface area contributed by atoms with Crippen LogP contribution >= 0.6 is 11.3 Å². The van der Waals surface area contributed by atoms with E-state index in [-0.39, 0.29) is 11.8 Å². The molecule has 1 N–H and O–H groups in total. The highest BCUT2D eigenvalue weighted by atomic mass is 32.1. The number of hydrogen-bond donors (Lipinski definition) is 1. The van der Waals surface area contributed by atoms with Gasteiger partial charge in [0.25, 0.3) is 0 Å². The Morgan fingerprint density at radius 1 is 1.29 bits per heavy atom. The number of aromatic nitrogens is 1. The second-order valence-electron chi connectivity index (χ2n) is 4.05. The largest absolute Gasteiger partial charge is 0.302 e. The van der Waals surface area contributed by atoms with E-state index in [1.807, 2.05) is 49.6 Å². The minimum absolute atomic E-state index is 0.000961. The number of carbonyl (C=O) groups excluding carboxylic acids is 1. The van der Waals surface area contributed by atoms with Gasteiger partial charge in [-0.25, -0.2) is 4.98 Å². The lowest BCUT2D eigenvalue weighted by Crippen LogP contribution is -2.17. The second-order valence-corrected chi connectivity index (χ2v) is 4.91. The van der Waals surface area contributed by atoms with Crippen molar-refractivity contribution in [3.63, 3.8) is 0 Å². The molecule has 17 heavy (non-hydrogen) atoms. The SMILES string of the molecule is CC(C)C(=O)Nc1nc(-c2ccccc2)cs1. The van der Waals surface area contributed by atoms with Crippen molar-refractivity contribution in [2.24, 2.45) is 5.92 Å². The number of thiazole rings is 1. The summed E-state index contributed by atoms with van der Waals surface area (Å²) in [4.78, 5) is 15.9. The maximum Gasteiger partial charge on any atom is 0.228 e. The smallest absolute Gasteiger partial charge is 0.228 e. The molecule has 1 aromatic heterocycles. The van der Waals surface area contributed by atoms with Crippen LogP contribution in [0.4, 0.5) is 5.13 Å². The van der Waals surface area contributed by atoms with Crippen molar-refractivity contribution in [3.8, 4) is 11.3 Å². The van der Waals surface area contributed by atoms with Crippen LogP contribution in [0.15, 0.2) is 35.7 Å². The van der Waals surface area contributed by atoms with Crippen molar-refractivity contribution >= 4 is 22.4 Å². The topological polar surface area (TPSA) is 42.0 Å². The maximum atomic E-state index is 11.5. The summed E-state index contributed by atoms with van der Waals surface area (Å²) in [6, 6.07) is 9.92. The minimum atomic E-state index is -0.0286. The first-order valence-electron chi connectivity index (χ1n) is 5.48. The Morgan fingerprint density at radius 3 is 2.65 bits per heavy atom. The lowest BCUT2D eigenvalue weighted by molar-refractivity contribution is -0.118. The van der Waals surface area contributed by atoms with Crippen LogP contribution in [0.3, 0.4) is 0 Å². The summed E-state index contributed by atoms with van der Waals surface area (Å²) >= 11 is 1.45. The van der Waals surface area contributed by atoms with Gasteiger partial charge in [0.15, 0.2) is 5.13 Å². The van der Waals surface area contributed by atoms with E-state index in [4.69, 9.17) is 0 Å². The molecule has 0 fully saturated rings. The summed E-state index contributed by atoms with van der Waals surface area (Å²) in [5, 5.41) is 5.40. The van der Waals surface area contributed by atoms with Crippen LogP contribution in [-0.4, -0.2) is 10.9 Å². The Kier molecular flexibility index (Phi) is 3.54. The zero-order chi connectivity index (χ0) is 12.3. The third kappa shape index (κ3) is 2.91. The molecule has 1 aromatic carbocycles. The van der Waals surface area contributed by atoms with Crippen LogP contribution in [0, 0.1) is 5.92 Å². The van der Waals surface area contributed by atoms with Crippen LogP contribution in [0.25, 0.3) is 11.3 Å². The standard InChI is InChI=1S/C13H14N2OS/c1-9(2)12(16)15-13-14-11(8-17-13)10-6-4-3-5-7-10/h3-9H,1-2H3,(H,14,15,16). The monoisotopic (exact) mass is 246 g/mol. The lowest BCUT2D eigenvalue weighted by atomic mass is 10.2. The van der Waals surface area contributed by atoms with Crippen LogP contribution < -0.4 is 5.32 Å². The predicted molar refractivity (Wildman–Crippen MR) is 71.0 cm³/mol. The summed E-state index contributed by atoms with van der Waals surface area (Å²) in [6.45, 7) is 3.72. The van der Waals surface area contributed by atoms with Gasteiger partial charge in [-0.15, -0.1) is 11.3 Å². The Morgan fingerprint density at radius 2 is 2.00 bits per heavy atom. The molecule has 0 aliphatic heterocycles. The average Bonchev–Trinajstić information content (AvgIpc) is 2.78. The van der Waals surface area contributed by atoms with Gasteiger partial charge < -0.3 is 5.32 Å². The molecular formula is C13H14N2OS. The van der Waals surface area contributed by atoms with Gasteiger partial charge in [-0.3, -0.25) is 4.79 Å². The zero-order valence-corrected chi connectivity index (χ0v) is 10.6. The summed E-state index contributed by atoms with van der Waals surface area (Å²) in [6.07, 6.45) is 0. The molecule has 0 bridgehead atoms. The van der Waals surface area contributed by atoms with Gasteiger partial charge in [0.1, 0.15) is 0 Å². The molecule has 2 aromatic rings. The van der Waals surface area contributed by atoms with E-state index >= 15 is 0 Å². The van der Waals surface area contributed by atoms with Crippen LogP contribution in [0.2, 0.25) is 0 Å². The first-order chi connectivity index (χ1) is 8.16. The molecule has 0 radical (unpaired) electrons. The Labute approximate surface area is 105 Å². The van der Waals surface area contributed by atoms with Crippen molar-refractivity contribution < 1.29 is 4.79 Å². The highest BCUT2D eigenvalue weighted by Gasteiger charge is 2.10. The lowest BCUT2D eigenvalue weighted by Gasteiger charge is -2.03. The molecule has 0 saturated carbocycles. The predicted octanol–water partition coefficient (Wildman–Crippen LogP) is 3.40. The van der Waals surface area contributed by atoms with E-state index in [0.717, 1.165) is 11.3 Å². The normalized spacial score (nSPS) is 10.5. The first-order valence-corrected chi connectivity index (χ1v) is 6.36. The van der Waals surface area contributed by atoms with Gasteiger partial charge in [-0.05, 0) is 0 Å². The summed E-state index contributed by atoms with van der Waals surface area (Å²) in [7, 11) is 0. The molecule has 3 nitrogen and oxygen atoms in total. The van der Waals surface area contributed by atoms with Crippen molar-refractivity contribution in [3.05, 3.63) is 35.7 Å². The molecule has 2 rings (SSSR count). The van der Waals surface area contributed by atoms with E-state index in [1.165, 1.54) is 11.3 Å². The number of nitrogens with zero attached hydrogens (tertiary/aromatic N) is 1. The molecule has 0 saturated heterocycles. The fourth-order valence-electron chi connectivity index (χ4n) is 1.32. The second kappa shape index (κ2) is 5.10. The highest BCUT2D eigenvalue weighted by molar-refractivity contribution is 7.14. The summed E-state index contributed by atoms with van der Waals surface area (Å²) in [5.41, 5.74) is 1.96. The number of benzene rings is 1. The summed E-state index contributed by atoms with van der Waals surface area (Å²) < 4.78 is 0. The van der Waals surface area contributed by atoms with E-state index in [9.17, 15) is 4.79 Å². The third-order valence-corrected chi connectivity index (χ3v) is 3.09. The molecule has 0 spiro atoms. The number of rotatable bonds is 3. The van der Waals surface area contributed by atoms with E-state index in [1.54, 1.807) is 0 Å². The number of anilines is 1. The van der Waals surface area contributed by atoms with Crippen molar-refractivity contribution in [1.29, 1.82) is 0 Å². The van der Waals surface area contributed by atoms with Gasteiger partial charge in [-0.1, -0.05) is 44.2 Å². The number of amides is 1. The Bertz CT molecular complexity index is 505. The van der Waals surface area contributed by atoms with Crippen molar-refractivity contribution in [1.82, 2.24) is 4.98 Å². The van der Waals surface area contributed by atoms with Gasteiger partial charge in [0.05, 0.1) is 5.69 Å². The molecule has 0 aliphatic carbocycles. The van der Waals surface area contributed by atoms with E-state index < -0.39 is 0 Å². The first kappa shape index (κ1) is 11.8. The molecular weight excluding hydrogens is 232 g/mol. The minimum Gasteiger partial charge on any atom is -0.302 e. The maximum absolute atomic E-state index is 11.5. The fraction of sp³-hybridized carbons (Fsp3) is 0.231. The summed E-state index contributed by atoms with van der Waals surface area (Å²) in [5.74, 6) is -0.0296. The van der Waals surface area contributed by atoms with Crippen LogP contribution in [0.1, 0.15) is 13.8 Å². The van der Waals surface area contributed by atoms with Gasteiger partial charge in [0.2, 0.25) is 5.91 Å². The van der Waals surface area contributed by atoms with Crippen LogP contribution in [-0.2, 0) is 4.79 Å². The zero-order valence-electron chi connectivity index (χ0n) is 9.81. The molecule has 4 heteroatoms. The molecule has 1 amide bonds. The molecule has 0 aliphatic rings. The van der Waals surface area contributed by atoms with Crippen molar-refractivity contribution in [2.45, 2.75) is 13.8 Å². The third-order valence-electron chi connectivity index (χ3n) is 2.33. The molecule has 88 valence electrons. The Hall–Kier alpha value is -1.68. The van der Waals surface area contributed by atoms with Gasteiger partial charge in [-0.2, -0.15) is 0 Å². The molecule has 0 atom stereocenters.